The van der Waals surface area contributed by atoms with E-state index >= 15 is 0 Å². The lowest BCUT2D eigenvalue weighted by atomic mass is 9.86. The van der Waals surface area contributed by atoms with Gasteiger partial charge in [0.05, 0.1) is 11.6 Å². The zero-order valence-corrected chi connectivity index (χ0v) is 14.0. The van der Waals surface area contributed by atoms with Crippen molar-refractivity contribution >= 4 is 23.4 Å². The van der Waals surface area contributed by atoms with E-state index in [0.717, 1.165) is 6.07 Å². The molecule has 1 aromatic carbocycles. The Morgan fingerprint density at radius 3 is 2.55 bits per heavy atom. The molecule has 1 rings (SSSR count). The average Bonchev–Trinajstić information content (AvgIpc) is 2.42. The third-order valence-corrected chi connectivity index (χ3v) is 3.64. The van der Waals surface area contributed by atoms with Crippen LogP contribution < -0.4 is 0 Å². The van der Waals surface area contributed by atoms with E-state index in [1.807, 2.05) is 13.8 Å². The standard InChI is InChI=1S/C17H22ClFO3/c1-4-22-16(20)8-5-12(9-11(2)3)17(21)14-7-6-13(19)10-15(14)18/h6-7,10-12H,4-5,8-9H2,1-3H3. The Morgan fingerprint density at radius 2 is 2.00 bits per heavy atom. The molecule has 1 unspecified atom stereocenters. The Hall–Kier alpha value is -1.42. The molecule has 5 heteroatoms. The third kappa shape index (κ3) is 5.76. The Morgan fingerprint density at radius 1 is 1.32 bits per heavy atom. The van der Waals surface area contributed by atoms with Crippen LogP contribution in [0.25, 0.3) is 0 Å². The number of hydrogen-bond donors (Lipinski definition) is 0. The van der Waals surface area contributed by atoms with Gasteiger partial charge in [-0.1, -0.05) is 25.4 Å². The molecule has 22 heavy (non-hydrogen) atoms. The molecular formula is C17H22ClFO3. The first kappa shape index (κ1) is 18.6. The second-order valence-corrected chi connectivity index (χ2v) is 6.07. The second kappa shape index (κ2) is 8.89. The minimum atomic E-state index is -0.478. The molecule has 0 aliphatic heterocycles. The van der Waals surface area contributed by atoms with Gasteiger partial charge in [0.2, 0.25) is 0 Å². The third-order valence-electron chi connectivity index (χ3n) is 3.33. The number of hydrogen-bond acceptors (Lipinski definition) is 3. The molecule has 3 nitrogen and oxygen atoms in total. The van der Waals surface area contributed by atoms with Gasteiger partial charge in [-0.25, -0.2) is 4.39 Å². The molecule has 0 fully saturated rings. The van der Waals surface area contributed by atoms with Crippen LogP contribution in [0.1, 0.15) is 50.4 Å². The van der Waals surface area contributed by atoms with Crippen LogP contribution in [0.4, 0.5) is 4.39 Å². The molecule has 122 valence electrons. The molecule has 0 saturated heterocycles. The van der Waals surface area contributed by atoms with Crippen molar-refractivity contribution in [2.45, 2.75) is 40.0 Å². The molecule has 0 heterocycles. The molecule has 1 atom stereocenters. The molecule has 0 radical (unpaired) electrons. The summed E-state index contributed by atoms with van der Waals surface area (Å²) in [4.78, 5) is 24.1. The van der Waals surface area contributed by atoms with Gasteiger partial charge in [0.15, 0.2) is 5.78 Å². The number of Topliss-reactive ketones (excluding diaryl/α,β-unsaturated/α-hetero) is 1. The summed E-state index contributed by atoms with van der Waals surface area (Å²) in [6.45, 7) is 6.09. The first-order chi connectivity index (χ1) is 10.3. The highest BCUT2D eigenvalue weighted by Crippen LogP contribution is 2.26. The highest BCUT2D eigenvalue weighted by Gasteiger charge is 2.24. The van der Waals surface area contributed by atoms with Gasteiger partial charge < -0.3 is 4.74 Å². The topological polar surface area (TPSA) is 43.4 Å². The first-order valence-electron chi connectivity index (χ1n) is 7.50. The lowest BCUT2D eigenvalue weighted by Gasteiger charge is -2.18. The summed E-state index contributed by atoms with van der Waals surface area (Å²) in [7, 11) is 0. The Kier molecular flexibility index (Phi) is 7.52. The fourth-order valence-electron chi connectivity index (χ4n) is 2.36. The summed E-state index contributed by atoms with van der Waals surface area (Å²) in [5, 5.41) is 0.106. The normalized spacial score (nSPS) is 12.3. The van der Waals surface area contributed by atoms with Crippen LogP contribution in [0, 0.1) is 17.7 Å². The van der Waals surface area contributed by atoms with Gasteiger partial charge in [-0.2, -0.15) is 0 Å². The van der Waals surface area contributed by atoms with E-state index in [9.17, 15) is 14.0 Å². The smallest absolute Gasteiger partial charge is 0.305 e. The van der Waals surface area contributed by atoms with Gasteiger partial charge in [-0.3, -0.25) is 9.59 Å². The Bertz CT molecular complexity index is 529. The number of ketones is 1. The zero-order chi connectivity index (χ0) is 16.7. The second-order valence-electron chi connectivity index (χ2n) is 5.66. The maximum Gasteiger partial charge on any atom is 0.305 e. The van der Waals surface area contributed by atoms with Crippen molar-refractivity contribution in [2.75, 3.05) is 6.61 Å². The minimum Gasteiger partial charge on any atom is -0.466 e. The summed E-state index contributed by atoms with van der Waals surface area (Å²) >= 11 is 5.96. The van der Waals surface area contributed by atoms with E-state index in [1.165, 1.54) is 12.1 Å². The van der Waals surface area contributed by atoms with Crippen molar-refractivity contribution in [3.63, 3.8) is 0 Å². The van der Waals surface area contributed by atoms with E-state index in [2.05, 4.69) is 0 Å². The maximum absolute atomic E-state index is 13.1. The predicted molar refractivity (Wildman–Crippen MR) is 84.6 cm³/mol. The van der Waals surface area contributed by atoms with E-state index in [0.29, 0.717) is 30.9 Å². The van der Waals surface area contributed by atoms with Crippen molar-refractivity contribution in [1.82, 2.24) is 0 Å². The Balaban J connectivity index is 2.85. The molecule has 0 aliphatic rings. The maximum atomic E-state index is 13.1. The van der Waals surface area contributed by atoms with E-state index in [-0.39, 0.29) is 29.1 Å². The summed E-state index contributed by atoms with van der Waals surface area (Å²) < 4.78 is 18.0. The molecule has 0 bridgehead atoms. The van der Waals surface area contributed by atoms with Gasteiger partial charge in [-0.05, 0) is 43.9 Å². The van der Waals surface area contributed by atoms with Gasteiger partial charge >= 0.3 is 5.97 Å². The number of halogens is 2. The van der Waals surface area contributed by atoms with Crippen molar-refractivity contribution in [3.05, 3.63) is 34.6 Å². The highest BCUT2D eigenvalue weighted by atomic mass is 35.5. The zero-order valence-electron chi connectivity index (χ0n) is 13.2. The average molecular weight is 329 g/mol. The summed E-state index contributed by atoms with van der Waals surface area (Å²) in [6.07, 6.45) is 1.24. The number of carbonyl (C=O) groups is 2. The monoisotopic (exact) mass is 328 g/mol. The number of benzene rings is 1. The summed E-state index contributed by atoms with van der Waals surface area (Å²) in [5.41, 5.74) is 0.303. The van der Waals surface area contributed by atoms with Crippen LogP contribution in [-0.2, 0) is 9.53 Å². The quantitative estimate of drug-likeness (QED) is 0.514. The fraction of sp³-hybridized carbons (Fsp3) is 0.529. The van der Waals surface area contributed by atoms with Crippen LogP contribution in [0.5, 0.6) is 0 Å². The molecule has 0 aromatic heterocycles. The number of ether oxygens (including phenoxy) is 1. The van der Waals surface area contributed by atoms with Gasteiger partial charge in [0.25, 0.3) is 0 Å². The lowest BCUT2D eigenvalue weighted by Crippen LogP contribution is -2.19. The largest absolute Gasteiger partial charge is 0.466 e. The number of rotatable bonds is 8. The Labute approximate surface area is 135 Å². The van der Waals surface area contributed by atoms with Gasteiger partial charge in [0.1, 0.15) is 5.82 Å². The summed E-state index contributed by atoms with van der Waals surface area (Å²) in [5.74, 6) is -0.964. The van der Waals surface area contributed by atoms with Gasteiger partial charge in [-0.15, -0.1) is 0 Å². The predicted octanol–water partition coefficient (Wildman–Crippen LogP) is 4.67. The van der Waals surface area contributed by atoms with E-state index in [4.69, 9.17) is 16.3 Å². The summed E-state index contributed by atoms with van der Waals surface area (Å²) in [6, 6.07) is 3.75. The van der Waals surface area contributed by atoms with Crippen LogP contribution in [-0.4, -0.2) is 18.4 Å². The molecule has 0 spiro atoms. The minimum absolute atomic E-state index is 0.106. The molecule has 1 aromatic rings. The molecular weight excluding hydrogens is 307 g/mol. The number of carbonyl (C=O) groups excluding carboxylic acids is 2. The highest BCUT2D eigenvalue weighted by molar-refractivity contribution is 6.34. The van der Waals surface area contributed by atoms with Crippen LogP contribution in [0.3, 0.4) is 0 Å². The van der Waals surface area contributed by atoms with Crippen LogP contribution >= 0.6 is 11.6 Å². The van der Waals surface area contributed by atoms with Crippen molar-refractivity contribution < 1.29 is 18.7 Å². The number of esters is 1. The molecule has 0 aliphatic carbocycles. The first-order valence-corrected chi connectivity index (χ1v) is 7.87. The van der Waals surface area contributed by atoms with Gasteiger partial charge in [0, 0.05) is 17.9 Å². The molecule has 0 N–H and O–H groups in total. The van der Waals surface area contributed by atoms with Crippen LogP contribution in [0.2, 0.25) is 5.02 Å². The SMILES string of the molecule is CCOC(=O)CCC(CC(C)C)C(=O)c1ccc(F)cc1Cl. The van der Waals surface area contributed by atoms with E-state index < -0.39 is 5.82 Å². The lowest BCUT2D eigenvalue weighted by molar-refractivity contribution is -0.143. The van der Waals surface area contributed by atoms with Crippen molar-refractivity contribution in [3.8, 4) is 0 Å². The van der Waals surface area contributed by atoms with Crippen LogP contribution in [0.15, 0.2) is 18.2 Å². The fourth-order valence-corrected chi connectivity index (χ4v) is 2.62. The molecule has 0 saturated carbocycles. The van der Waals surface area contributed by atoms with E-state index in [1.54, 1.807) is 6.92 Å². The van der Waals surface area contributed by atoms with Crippen molar-refractivity contribution in [2.24, 2.45) is 11.8 Å². The van der Waals surface area contributed by atoms with Crippen molar-refractivity contribution in [1.29, 1.82) is 0 Å². The molecule has 0 amide bonds.